The van der Waals surface area contributed by atoms with Gasteiger partial charge in [-0.2, -0.15) is 0 Å². The van der Waals surface area contributed by atoms with Crippen LogP contribution in [0, 0.1) is 6.92 Å². The third-order valence-corrected chi connectivity index (χ3v) is 7.20. The van der Waals surface area contributed by atoms with Crippen molar-refractivity contribution in [3.8, 4) is 0 Å². The van der Waals surface area contributed by atoms with Gasteiger partial charge in [0.2, 0.25) is 5.91 Å². The SMILES string of the molecule is Cc1ccccc1C(CC(=O)O)NC(=O)CSC1CCS(=O)(=O)C1. The molecule has 0 radical (unpaired) electrons. The molecule has 1 aromatic rings. The molecule has 1 fully saturated rings. The van der Waals surface area contributed by atoms with Crippen LogP contribution in [-0.2, 0) is 19.4 Å². The van der Waals surface area contributed by atoms with Gasteiger partial charge in [-0.3, -0.25) is 9.59 Å². The zero-order valence-electron chi connectivity index (χ0n) is 13.4. The first-order valence-corrected chi connectivity index (χ1v) is 10.5. The van der Waals surface area contributed by atoms with Gasteiger partial charge in [0, 0.05) is 5.25 Å². The number of sulfone groups is 1. The van der Waals surface area contributed by atoms with E-state index < -0.39 is 21.8 Å². The largest absolute Gasteiger partial charge is 0.481 e. The van der Waals surface area contributed by atoms with Crippen LogP contribution in [0.3, 0.4) is 0 Å². The second-order valence-electron chi connectivity index (χ2n) is 5.91. The van der Waals surface area contributed by atoms with Crippen molar-refractivity contribution < 1.29 is 23.1 Å². The van der Waals surface area contributed by atoms with E-state index in [1.165, 1.54) is 11.8 Å². The topological polar surface area (TPSA) is 101 Å². The summed E-state index contributed by atoms with van der Waals surface area (Å²) in [5.41, 5.74) is 1.69. The van der Waals surface area contributed by atoms with E-state index in [0.717, 1.165) is 11.1 Å². The van der Waals surface area contributed by atoms with Crippen molar-refractivity contribution in [3.63, 3.8) is 0 Å². The van der Waals surface area contributed by atoms with E-state index >= 15 is 0 Å². The number of benzene rings is 1. The van der Waals surface area contributed by atoms with Crippen LogP contribution >= 0.6 is 11.8 Å². The van der Waals surface area contributed by atoms with Gasteiger partial charge in [0.05, 0.1) is 29.7 Å². The van der Waals surface area contributed by atoms with Gasteiger partial charge in [0.15, 0.2) is 9.84 Å². The molecule has 1 amide bonds. The summed E-state index contributed by atoms with van der Waals surface area (Å²) in [6, 6.07) is 6.74. The molecule has 2 N–H and O–H groups in total. The Labute approximate surface area is 145 Å². The number of nitrogens with one attached hydrogen (secondary N) is 1. The number of hydrogen-bond donors (Lipinski definition) is 2. The number of rotatable bonds is 7. The molecule has 0 aliphatic carbocycles. The first kappa shape index (κ1) is 18.8. The van der Waals surface area contributed by atoms with Crippen molar-refractivity contribution in [1.29, 1.82) is 0 Å². The molecule has 132 valence electrons. The number of aliphatic carboxylic acids is 1. The Morgan fingerprint density at radius 2 is 2.08 bits per heavy atom. The van der Waals surface area contributed by atoms with Crippen molar-refractivity contribution in [2.75, 3.05) is 17.3 Å². The van der Waals surface area contributed by atoms with Crippen molar-refractivity contribution in [2.45, 2.75) is 31.1 Å². The highest BCUT2D eigenvalue weighted by molar-refractivity contribution is 8.02. The number of carbonyl (C=O) groups is 2. The molecule has 2 atom stereocenters. The smallest absolute Gasteiger partial charge is 0.305 e. The fourth-order valence-electron chi connectivity index (χ4n) is 2.71. The fraction of sp³-hybridized carbons (Fsp3) is 0.500. The standard InChI is InChI=1S/C16H21NO5S2/c1-11-4-2-3-5-13(11)14(8-16(19)20)17-15(18)9-23-12-6-7-24(21,22)10-12/h2-5,12,14H,6-10H2,1H3,(H,17,18)(H,19,20). The van der Waals surface area contributed by atoms with Crippen molar-refractivity contribution in [2.24, 2.45) is 0 Å². The van der Waals surface area contributed by atoms with E-state index in [2.05, 4.69) is 5.32 Å². The summed E-state index contributed by atoms with van der Waals surface area (Å²) in [5, 5.41) is 11.8. The number of carbonyl (C=O) groups excluding carboxylic acids is 1. The Kier molecular flexibility index (Phi) is 6.28. The minimum atomic E-state index is -2.96. The Morgan fingerprint density at radius 3 is 2.67 bits per heavy atom. The highest BCUT2D eigenvalue weighted by Gasteiger charge is 2.29. The highest BCUT2D eigenvalue weighted by atomic mass is 32.2. The molecule has 1 aromatic carbocycles. The summed E-state index contributed by atoms with van der Waals surface area (Å²) < 4.78 is 22.9. The molecular weight excluding hydrogens is 350 g/mol. The van der Waals surface area contributed by atoms with Gasteiger partial charge in [-0.05, 0) is 24.5 Å². The predicted octanol–water partition coefficient (Wildman–Crippen LogP) is 1.55. The van der Waals surface area contributed by atoms with Crippen LogP contribution in [0.5, 0.6) is 0 Å². The van der Waals surface area contributed by atoms with E-state index in [9.17, 15) is 18.0 Å². The molecule has 0 spiro atoms. The summed E-state index contributed by atoms with van der Waals surface area (Å²) >= 11 is 1.32. The minimum absolute atomic E-state index is 0.0582. The number of amides is 1. The van der Waals surface area contributed by atoms with Crippen LogP contribution < -0.4 is 5.32 Å². The maximum Gasteiger partial charge on any atom is 0.305 e. The Bertz CT molecular complexity index is 717. The molecule has 1 heterocycles. The van der Waals surface area contributed by atoms with Crippen LogP contribution in [-0.4, -0.2) is 47.9 Å². The summed E-state index contributed by atoms with van der Waals surface area (Å²) in [4.78, 5) is 23.3. The Balaban J connectivity index is 1.95. The minimum Gasteiger partial charge on any atom is -0.481 e. The quantitative estimate of drug-likeness (QED) is 0.754. The molecular formula is C16H21NO5S2. The highest BCUT2D eigenvalue weighted by Crippen LogP contribution is 2.25. The number of carboxylic acids is 1. The van der Waals surface area contributed by atoms with Gasteiger partial charge in [-0.25, -0.2) is 8.42 Å². The van der Waals surface area contributed by atoms with Gasteiger partial charge in [0.25, 0.3) is 0 Å². The molecule has 1 saturated heterocycles. The molecule has 24 heavy (non-hydrogen) atoms. The first-order valence-electron chi connectivity index (χ1n) is 7.65. The van der Waals surface area contributed by atoms with Gasteiger partial charge in [-0.1, -0.05) is 24.3 Å². The second kappa shape index (κ2) is 8.02. The average Bonchev–Trinajstić information content (AvgIpc) is 2.84. The number of hydrogen-bond acceptors (Lipinski definition) is 5. The summed E-state index contributed by atoms with van der Waals surface area (Å²) in [7, 11) is -2.96. The molecule has 0 bridgehead atoms. The van der Waals surface area contributed by atoms with E-state index in [0.29, 0.717) is 6.42 Å². The Hall–Kier alpha value is -1.54. The van der Waals surface area contributed by atoms with E-state index in [1.54, 1.807) is 6.07 Å². The summed E-state index contributed by atoms with van der Waals surface area (Å²) in [6.45, 7) is 1.87. The first-order chi connectivity index (χ1) is 11.3. The average molecular weight is 371 g/mol. The lowest BCUT2D eigenvalue weighted by Gasteiger charge is -2.19. The van der Waals surface area contributed by atoms with Gasteiger partial charge in [0.1, 0.15) is 0 Å². The van der Waals surface area contributed by atoms with Crippen LogP contribution in [0.1, 0.15) is 30.0 Å². The lowest BCUT2D eigenvalue weighted by Crippen LogP contribution is -2.32. The zero-order valence-corrected chi connectivity index (χ0v) is 15.0. The number of aryl methyl sites for hydroxylation is 1. The van der Waals surface area contributed by atoms with Crippen LogP contribution in [0.15, 0.2) is 24.3 Å². The monoisotopic (exact) mass is 371 g/mol. The fourth-order valence-corrected chi connectivity index (χ4v) is 6.17. The zero-order chi connectivity index (χ0) is 17.7. The lowest BCUT2D eigenvalue weighted by atomic mass is 9.99. The lowest BCUT2D eigenvalue weighted by molar-refractivity contribution is -0.137. The Morgan fingerprint density at radius 1 is 1.38 bits per heavy atom. The van der Waals surface area contributed by atoms with Crippen LogP contribution in [0.4, 0.5) is 0 Å². The van der Waals surface area contributed by atoms with Crippen molar-refractivity contribution >= 4 is 33.5 Å². The maximum atomic E-state index is 12.2. The van der Waals surface area contributed by atoms with Gasteiger partial charge in [-0.15, -0.1) is 11.8 Å². The van der Waals surface area contributed by atoms with Crippen LogP contribution in [0.25, 0.3) is 0 Å². The van der Waals surface area contributed by atoms with Gasteiger partial charge >= 0.3 is 5.97 Å². The van der Waals surface area contributed by atoms with Gasteiger partial charge < -0.3 is 10.4 Å². The van der Waals surface area contributed by atoms with E-state index in [4.69, 9.17) is 5.11 Å². The van der Waals surface area contributed by atoms with Crippen molar-refractivity contribution in [3.05, 3.63) is 35.4 Å². The normalized spacial score (nSPS) is 20.5. The third-order valence-electron chi connectivity index (χ3n) is 3.92. The van der Waals surface area contributed by atoms with Crippen LogP contribution in [0.2, 0.25) is 0 Å². The third kappa shape index (κ3) is 5.52. The van der Waals surface area contributed by atoms with E-state index in [-0.39, 0.29) is 34.8 Å². The number of carboxylic acid groups (broad SMARTS) is 1. The molecule has 8 heteroatoms. The van der Waals surface area contributed by atoms with E-state index in [1.807, 2.05) is 25.1 Å². The summed E-state index contributed by atoms with van der Waals surface area (Å²) in [5.74, 6) is -0.849. The maximum absolute atomic E-state index is 12.2. The predicted molar refractivity (Wildman–Crippen MR) is 93.8 cm³/mol. The molecule has 2 rings (SSSR count). The summed E-state index contributed by atoms with van der Waals surface area (Å²) in [6.07, 6.45) is 0.371. The molecule has 2 unspecified atom stereocenters. The van der Waals surface area contributed by atoms with Crippen molar-refractivity contribution in [1.82, 2.24) is 5.32 Å². The number of thioether (sulfide) groups is 1. The second-order valence-corrected chi connectivity index (χ2v) is 9.43. The molecule has 1 aliphatic rings. The molecule has 1 aliphatic heterocycles. The molecule has 0 saturated carbocycles. The molecule has 6 nitrogen and oxygen atoms in total. The molecule has 0 aromatic heterocycles.